The van der Waals surface area contributed by atoms with Gasteiger partial charge in [-0.1, -0.05) is 12.1 Å². The maximum Gasteiger partial charge on any atom is 0.310 e. The molecule has 1 amide bonds. The Kier molecular flexibility index (Phi) is 5.90. The van der Waals surface area contributed by atoms with Crippen LogP contribution in [0.4, 0.5) is 4.39 Å². The smallest absolute Gasteiger partial charge is 0.310 e. The van der Waals surface area contributed by atoms with Gasteiger partial charge in [-0.15, -0.1) is 11.3 Å². The van der Waals surface area contributed by atoms with Gasteiger partial charge in [0.15, 0.2) is 0 Å². The van der Waals surface area contributed by atoms with Crippen LogP contribution in [0.25, 0.3) is 10.2 Å². The second-order valence-electron chi connectivity index (χ2n) is 7.69. The predicted octanol–water partition coefficient (Wildman–Crippen LogP) is 4.61. The number of amides is 1. The number of esters is 1. The third kappa shape index (κ3) is 4.12. The van der Waals surface area contributed by atoms with Crippen molar-refractivity contribution in [2.24, 2.45) is 5.92 Å². The van der Waals surface area contributed by atoms with Crippen LogP contribution in [0.2, 0.25) is 0 Å². The number of aromatic nitrogens is 1. The summed E-state index contributed by atoms with van der Waals surface area (Å²) in [5.41, 5.74) is 2.35. The van der Waals surface area contributed by atoms with Gasteiger partial charge >= 0.3 is 5.97 Å². The zero-order valence-corrected chi connectivity index (χ0v) is 18.0. The number of carbonyl (C=O) groups is 2. The van der Waals surface area contributed by atoms with Crippen LogP contribution in [0, 0.1) is 18.7 Å². The molecule has 1 atom stereocenters. The highest BCUT2D eigenvalue weighted by Gasteiger charge is 2.31. The van der Waals surface area contributed by atoms with Gasteiger partial charge < -0.3 is 14.2 Å². The molecule has 1 aliphatic rings. The molecule has 0 spiro atoms. The second kappa shape index (κ2) is 8.60. The van der Waals surface area contributed by atoms with E-state index in [0.29, 0.717) is 31.9 Å². The lowest BCUT2D eigenvalue weighted by Gasteiger charge is -2.31. The molecule has 3 aromatic rings. The van der Waals surface area contributed by atoms with Gasteiger partial charge in [-0.3, -0.25) is 9.59 Å². The summed E-state index contributed by atoms with van der Waals surface area (Å²) < 4.78 is 21.9. The Balaban J connectivity index is 1.65. The van der Waals surface area contributed by atoms with Crippen LogP contribution in [0.3, 0.4) is 0 Å². The van der Waals surface area contributed by atoms with E-state index in [-0.39, 0.29) is 23.6 Å². The molecule has 0 bridgehead atoms. The summed E-state index contributed by atoms with van der Waals surface area (Å²) in [7, 11) is 0. The summed E-state index contributed by atoms with van der Waals surface area (Å²) in [5, 5.41) is 0. The van der Waals surface area contributed by atoms with Crippen molar-refractivity contribution in [2.45, 2.75) is 33.2 Å². The summed E-state index contributed by atoms with van der Waals surface area (Å²) in [4.78, 5) is 28.5. The van der Waals surface area contributed by atoms with E-state index in [1.54, 1.807) is 29.2 Å². The average molecular weight is 429 g/mol. The van der Waals surface area contributed by atoms with Gasteiger partial charge in [0.2, 0.25) is 0 Å². The maximum absolute atomic E-state index is 13.7. The van der Waals surface area contributed by atoms with Crippen molar-refractivity contribution in [3.63, 3.8) is 0 Å². The molecule has 0 N–H and O–H groups in total. The van der Waals surface area contributed by atoms with Crippen LogP contribution in [-0.2, 0) is 16.1 Å². The molecule has 30 heavy (non-hydrogen) atoms. The van der Waals surface area contributed by atoms with Gasteiger partial charge in [0.25, 0.3) is 5.91 Å². The van der Waals surface area contributed by atoms with Gasteiger partial charge in [-0.05, 0) is 56.5 Å². The molecule has 1 aromatic carbocycles. The first-order valence-corrected chi connectivity index (χ1v) is 11.1. The van der Waals surface area contributed by atoms with Gasteiger partial charge in [-0.2, -0.15) is 0 Å². The van der Waals surface area contributed by atoms with Crippen molar-refractivity contribution in [3.05, 3.63) is 58.3 Å². The third-order valence-corrected chi connectivity index (χ3v) is 6.48. The number of carbonyl (C=O) groups excluding carboxylic acids is 2. The summed E-state index contributed by atoms with van der Waals surface area (Å²) in [5.74, 6) is -0.903. The van der Waals surface area contributed by atoms with Gasteiger partial charge in [0.1, 0.15) is 11.5 Å². The lowest BCUT2D eigenvalue weighted by atomic mass is 9.98. The molecule has 0 aliphatic carbocycles. The molecule has 1 fully saturated rings. The summed E-state index contributed by atoms with van der Waals surface area (Å²) in [6, 6.07) is 10.4. The highest BCUT2D eigenvalue weighted by molar-refractivity contribution is 7.19. The topological polar surface area (TPSA) is 51.5 Å². The highest BCUT2D eigenvalue weighted by atomic mass is 32.1. The number of likely N-dealkylation sites (tertiary alicyclic amines) is 1. The van der Waals surface area contributed by atoms with Crippen molar-refractivity contribution in [1.82, 2.24) is 9.47 Å². The van der Waals surface area contributed by atoms with Crippen LogP contribution in [0.5, 0.6) is 0 Å². The van der Waals surface area contributed by atoms with Crippen LogP contribution in [0.1, 0.15) is 40.7 Å². The molecule has 3 heterocycles. The summed E-state index contributed by atoms with van der Waals surface area (Å²) in [6.07, 6.45) is 1.51. The fourth-order valence-electron chi connectivity index (χ4n) is 4.11. The minimum Gasteiger partial charge on any atom is -0.466 e. The van der Waals surface area contributed by atoms with E-state index >= 15 is 0 Å². The number of hydrogen-bond acceptors (Lipinski definition) is 4. The first-order chi connectivity index (χ1) is 14.5. The number of aryl methyl sites for hydroxylation is 1. The minimum absolute atomic E-state index is 0.0959. The molecule has 1 aliphatic heterocycles. The monoisotopic (exact) mass is 428 g/mol. The van der Waals surface area contributed by atoms with Crippen molar-refractivity contribution in [3.8, 4) is 0 Å². The number of thiophene rings is 1. The summed E-state index contributed by atoms with van der Waals surface area (Å²) in [6.45, 7) is 5.57. The highest BCUT2D eigenvalue weighted by Crippen LogP contribution is 2.31. The van der Waals surface area contributed by atoms with E-state index in [1.807, 2.05) is 23.6 Å². The molecule has 5 nitrogen and oxygen atoms in total. The Bertz CT molecular complexity index is 1090. The number of nitrogens with zero attached hydrogens (tertiary/aromatic N) is 2. The first-order valence-electron chi connectivity index (χ1n) is 10.3. The second-order valence-corrected chi connectivity index (χ2v) is 8.98. The van der Waals surface area contributed by atoms with E-state index in [1.165, 1.54) is 12.1 Å². The molecule has 7 heteroatoms. The largest absolute Gasteiger partial charge is 0.466 e. The van der Waals surface area contributed by atoms with Gasteiger partial charge in [0, 0.05) is 24.5 Å². The van der Waals surface area contributed by atoms with E-state index in [4.69, 9.17) is 4.74 Å². The molecule has 2 aromatic heterocycles. The van der Waals surface area contributed by atoms with Crippen molar-refractivity contribution >= 4 is 33.4 Å². The Hall–Kier alpha value is -2.67. The third-order valence-electron chi connectivity index (χ3n) is 5.49. The lowest BCUT2D eigenvalue weighted by molar-refractivity contribution is -0.149. The number of ether oxygens (including phenoxy) is 1. The predicted molar refractivity (Wildman–Crippen MR) is 115 cm³/mol. The van der Waals surface area contributed by atoms with Crippen LogP contribution >= 0.6 is 11.3 Å². The number of rotatable bonds is 5. The summed E-state index contributed by atoms with van der Waals surface area (Å²) >= 11 is 1.64. The van der Waals surface area contributed by atoms with Gasteiger partial charge in [-0.25, -0.2) is 4.39 Å². The molecular weight excluding hydrogens is 403 g/mol. The number of halogens is 1. The van der Waals surface area contributed by atoms with Crippen molar-refractivity contribution in [1.29, 1.82) is 0 Å². The number of hydrogen-bond donors (Lipinski definition) is 0. The number of benzene rings is 1. The van der Waals surface area contributed by atoms with E-state index < -0.39 is 0 Å². The minimum atomic E-state index is -0.293. The molecular formula is C23H25FN2O3S. The van der Waals surface area contributed by atoms with Crippen LogP contribution in [0.15, 0.2) is 36.4 Å². The van der Waals surface area contributed by atoms with E-state index in [0.717, 1.165) is 33.5 Å². The zero-order valence-electron chi connectivity index (χ0n) is 17.2. The van der Waals surface area contributed by atoms with E-state index in [2.05, 4.69) is 6.07 Å². The molecule has 0 radical (unpaired) electrons. The van der Waals surface area contributed by atoms with E-state index in [9.17, 15) is 14.0 Å². The average Bonchev–Trinajstić information content (AvgIpc) is 3.25. The molecule has 0 unspecified atom stereocenters. The van der Waals surface area contributed by atoms with Crippen LogP contribution < -0.4 is 0 Å². The molecule has 4 rings (SSSR count). The Labute approximate surface area is 179 Å². The zero-order chi connectivity index (χ0) is 21.3. The Morgan fingerprint density at radius 2 is 2.10 bits per heavy atom. The van der Waals surface area contributed by atoms with Crippen molar-refractivity contribution < 1.29 is 18.7 Å². The fraction of sp³-hybridized carbons (Fsp3) is 0.391. The normalized spacial score (nSPS) is 16.8. The molecule has 158 valence electrons. The maximum atomic E-state index is 13.7. The van der Waals surface area contributed by atoms with Crippen molar-refractivity contribution in [2.75, 3.05) is 19.7 Å². The van der Waals surface area contributed by atoms with Gasteiger partial charge in [0.05, 0.1) is 22.7 Å². The first kappa shape index (κ1) is 20.6. The molecule has 1 saturated heterocycles. The van der Waals surface area contributed by atoms with Crippen LogP contribution in [-0.4, -0.2) is 41.0 Å². The SMILES string of the molecule is CCOC(=O)[C@@H]1CCCN(C(=O)c2cc3sc(C)cc3n2Cc2cccc(F)c2)C1. The Morgan fingerprint density at radius 1 is 1.27 bits per heavy atom. The fourth-order valence-corrected chi connectivity index (χ4v) is 5.07. The lowest BCUT2D eigenvalue weighted by Crippen LogP contribution is -2.43. The quantitative estimate of drug-likeness (QED) is 0.558. The number of fused-ring (bicyclic) bond motifs is 1. The number of piperidine rings is 1. The Morgan fingerprint density at radius 3 is 2.87 bits per heavy atom. The molecule has 0 saturated carbocycles. The standard InChI is InChI=1S/C23H25FN2O3S/c1-3-29-23(28)17-7-5-9-25(14-17)22(27)20-12-21-19(10-15(2)30-21)26(20)13-16-6-4-8-18(24)11-16/h4,6,8,10-12,17H,3,5,7,9,13-14H2,1-2H3/t17-/m1/s1.